The molecule has 1 heterocycles. The van der Waals surface area contributed by atoms with E-state index in [2.05, 4.69) is 23.3 Å². The Kier molecular flexibility index (Phi) is 5.58. The van der Waals surface area contributed by atoms with E-state index >= 15 is 0 Å². The van der Waals surface area contributed by atoms with Crippen molar-refractivity contribution in [2.45, 2.75) is 19.4 Å². The van der Waals surface area contributed by atoms with Crippen molar-refractivity contribution in [3.8, 4) is 11.5 Å². The van der Waals surface area contributed by atoms with Crippen molar-refractivity contribution < 1.29 is 9.47 Å². The Morgan fingerprint density at radius 1 is 1.24 bits per heavy atom. The van der Waals surface area contributed by atoms with E-state index in [0.717, 1.165) is 35.8 Å². The van der Waals surface area contributed by atoms with Gasteiger partial charge < -0.3 is 14.8 Å². The lowest BCUT2D eigenvalue weighted by Gasteiger charge is -2.19. The Labute approximate surface area is 126 Å². The third-order valence-corrected chi connectivity index (χ3v) is 3.25. The maximum absolute atomic E-state index is 5.70. The maximum atomic E-state index is 5.70. The molecule has 2 rings (SSSR count). The fourth-order valence-electron chi connectivity index (χ4n) is 2.26. The zero-order chi connectivity index (χ0) is 15.1. The molecule has 112 valence electrons. The molecule has 1 unspecified atom stereocenters. The summed E-state index contributed by atoms with van der Waals surface area (Å²) in [6, 6.07) is 11.8. The molecule has 0 aliphatic heterocycles. The van der Waals surface area contributed by atoms with Crippen LogP contribution in [0.4, 0.5) is 0 Å². The number of pyridine rings is 1. The highest BCUT2D eigenvalue weighted by Crippen LogP contribution is 2.29. The number of nitrogens with zero attached hydrogens (tertiary/aromatic N) is 1. The number of rotatable bonds is 7. The third kappa shape index (κ3) is 3.73. The summed E-state index contributed by atoms with van der Waals surface area (Å²) in [5.74, 6) is 1.65. The fourth-order valence-corrected chi connectivity index (χ4v) is 2.26. The summed E-state index contributed by atoms with van der Waals surface area (Å²) >= 11 is 0. The highest BCUT2D eigenvalue weighted by Gasteiger charge is 2.18. The average Bonchev–Trinajstić information content (AvgIpc) is 2.54. The van der Waals surface area contributed by atoms with Crippen molar-refractivity contribution in [3.05, 3.63) is 53.9 Å². The number of methoxy groups -OCH3 is 1. The van der Waals surface area contributed by atoms with Crippen molar-refractivity contribution >= 4 is 0 Å². The maximum Gasteiger partial charge on any atom is 0.142 e. The fraction of sp³-hybridized carbons (Fsp3) is 0.353. The van der Waals surface area contributed by atoms with Crippen LogP contribution in [-0.2, 0) is 0 Å². The van der Waals surface area contributed by atoms with Gasteiger partial charge >= 0.3 is 0 Å². The van der Waals surface area contributed by atoms with E-state index in [1.807, 2.05) is 37.4 Å². The molecule has 0 radical (unpaired) electrons. The van der Waals surface area contributed by atoms with Gasteiger partial charge in [0, 0.05) is 6.20 Å². The molecule has 2 aromatic rings. The molecule has 0 spiro atoms. The SMILES string of the molecule is CCCOc1cccc(C(NC)c2ncccc2OC)c1. The van der Waals surface area contributed by atoms with Gasteiger partial charge in [-0.25, -0.2) is 0 Å². The van der Waals surface area contributed by atoms with Crippen molar-refractivity contribution in [1.82, 2.24) is 10.3 Å². The van der Waals surface area contributed by atoms with Crippen molar-refractivity contribution in [3.63, 3.8) is 0 Å². The first-order valence-electron chi connectivity index (χ1n) is 7.19. The Bertz CT molecular complexity index is 572. The molecule has 0 aliphatic rings. The number of ether oxygens (including phenoxy) is 2. The number of nitrogens with one attached hydrogen (secondary N) is 1. The van der Waals surface area contributed by atoms with Gasteiger partial charge in [0.05, 0.1) is 19.8 Å². The largest absolute Gasteiger partial charge is 0.495 e. The van der Waals surface area contributed by atoms with Gasteiger partial charge in [0.1, 0.15) is 17.2 Å². The lowest BCUT2D eigenvalue weighted by Crippen LogP contribution is -2.19. The predicted molar refractivity (Wildman–Crippen MR) is 83.9 cm³/mol. The summed E-state index contributed by atoms with van der Waals surface area (Å²) in [5.41, 5.74) is 1.97. The molecule has 1 atom stereocenters. The summed E-state index contributed by atoms with van der Waals surface area (Å²) in [4.78, 5) is 4.46. The van der Waals surface area contributed by atoms with Crippen LogP contribution in [0.5, 0.6) is 11.5 Å². The molecule has 0 saturated heterocycles. The molecule has 1 aromatic carbocycles. The van der Waals surface area contributed by atoms with E-state index in [-0.39, 0.29) is 6.04 Å². The molecule has 4 nitrogen and oxygen atoms in total. The van der Waals surface area contributed by atoms with Crippen LogP contribution in [-0.4, -0.2) is 25.7 Å². The van der Waals surface area contributed by atoms with E-state index in [9.17, 15) is 0 Å². The highest BCUT2D eigenvalue weighted by atomic mass is 16.5. The second-order valence-corrected chi connectivity index (χ2v) is 4.73. The molecular formula is C17H22N2O2. The summed E-state index contributed by atoms with van der Waals surface area (Å²) in [7, 11) is 3.58. The summed E-state index contributed by atoms with van der Waals surface area (Å²) in [5, 5.41) is 3.29. The lowest BCUT2D eigenvalue weighted by atomic mass is 10.0. The van der Waals surface area contributed by atoms with Gasteiger partial charge in [-0.05, 0) is 43.3 Å². The monoisotopic (exact) mass is 286 g/mol. The van der Waals surface area contributed by atoms with Gasteiger partial charge in [-0.2, -0.15) is 0 Å². The van der Waals surface area contributed by atoms with E-state index in [1.165, 1.54) is 0 Å². The van der Waals surface area contributed by atoms with Crippen LogP contribution < -0.4 is 14.8 Å². The van der Waals surface area contributed by atoms with Crippen LogP contribution in [0, 0.1) is 0 Å². The summed E-state index contributed by atoms with van der Waals surface area (Å²) < 4.78 is 11.1. The number of hydrogen-bond donors (Lipinski definition) is 1. The lowest BCUT2D eigenvalue weighted by molar-refractivity contribution is 0.317. The Morgan fingerprint density at radius 3 is 2.81 bits per heavy atom. The van der Waals surface area contributed by atoms with E-state index in [4.69, 9.17) is 9.47 Å². The van der Waals surface area contributed by atoms with Gasteiger partial charge in [-0.15, -0.1) is 0 Å². The number of hydrogen-bond acceptors (Lipinski definition) is 4. The number of benzene rings is 1. The molecule has 0 saturated carbocycles. The summed E-state index contributed by atoms with van der Waals surface area (Å²) in [6.07, 6.45) is 2.77. The predicted octanol–water partition coefficient (Wildman–Crippen LogP) is 3.19. The van der Waals surface area contributed by atoms with Gasteiger partial charge in [-0.1, -0.05) is 19.1 Å². The zero-order valence-electron chi connectivity index (χ0n) is 12.8. The average molecular weight is 286 g/mol. The Balaban J connectivity index is 2.32. The molecule has 1 aromatic heterocycles. The van der Waals surface area contributed by atoms with Crippen molar-refractivity contribution in [2.24, 2.45) is 0 Å². The van der Waals surface area contributed by atoms with Gasteiger partial charge in [-0.3, -0.25) is 4.98 Å². The van der Waals surface area contributed by atoms with Crippen LogP contribution in [0.25, 0.3) is 0 Å². The molecule has 0 amide bonds. The molecular weight excluding hydrogens is 264 g/mol. The summed E-state index contributed by atoms with van der Waals surface area (Å²) in [6.45, 7) is 2.82. The van der Waals surface area contributed by atoms with Crippen LogP contribution in [0.3, 0.4) is 0 Å². The standard InChI is InChI=1S/C17H22N2O2/c1-4-11-21-14-8-5-7-13(12-14)16(18-2)17-15(20-3)9-6-10-19-17/h5-10,12,16,18H,4,11H2,1-3H3. The van der Waals surface area contributed by atoms with Crippen molar-refractivity contribution in [2.75, 3.05) is 20.8 Å². The van der Waals surface area contributed by atoms with Crippen LogP contribution in [0.15, 0.2) is 42.6 Å². The Morgan fingerprint density at radius 2 is 2.10 bits per heavy atom. The normalized spacial score (nSPS) is 12.0. The minimum absolute atomic E-state index is 0.0358. The molecule has 4 heteroatoms. The Hall–Kier alpha value is -2.07. The quantitative estimate of drug-likeness (QED) is 0.849. The second kappa shape index (κ2) is 7.64. The smallest absolute Gasteiger partial charge is 0.142 e. The van der Waals surface area contributed by atoms with Crippen molar-refractivity contribution in [1.29, 1.82) is 0 Å². The zero-order valence-corrected chi connectivity index (χ0v) is 12.8. The van der Waals surface area contributed by atoms with Crippen LogP contribution in [0.2, 0.25) is 0 Å². The molecule has 0 bridgehead atoms. The molecule has 0 fully saturated rings. The minimum atomic E-state index is -0.0358. The van der Waals surface area contributed by atoms with Gasteiger partial charge in [0.15, 0.2) is 0 Å². The minimum Gasteiger partial charge on any atom is -0.495 e. The third-order valence-electron chi connectivity index (χ3n) is 3.25. The first-order valence-corrected chi connectivity index (χ1v) is 7.19. The van der Waals surface area contributed by atoms with E-state index in [0.29, 0.717) is 0 Å². The van der Waals surface area contributed by atoms with Crippen LogP contribution >= 0.6 is 0 Å². The second-order valence-electron chi connectivity index (χ2n) is 4.73. The van der Waals surface area contributed by atoms with Crippen LogP contribution in [0.1, 0.15) is 30.6 Å². The topological polar surface area (TPSA) is 43.4 Å². The first kappa shape index (κ1) is 15.3. The molecule has 21 heavy (non-hydrogen) atoms. The highest BCUT2D eigenvalue weighted by molar-refractivity contribution is 5.39. The van der Waals surface area contributed by atoms with Gasteiger partial charge in [0.25, 0.3) is 0 Å². The molecule has 1 N–H and O–H groups in total. The van der Waals surface area contributed by atoms with Gasteiger partial charge in [0.2, 0.25) is 0 Å². The van der Waals surface area contributed by atoms with E-state index in [1.54, 1.807) is 13.3 Å². The van der Waals surface area contributed by atoms with E-state index < -0.39 is 0 Å². The molecule has 0 aliphatic carbocycles. The first-order chi connectivity index (χ1) is 10.3. The number of aromatic nitrogens is 1.